The number of benzene rings is 1. The maximum atomic E-state index is 12.3. The molecular formula is C14H16N2O3S. The Hall–Kier alpha value is -2.08. The molecule has 0 amide bonds. The summed E-state index contributed by atoms with van der Waals surface area (Å²) in [5, 5.41) is 0. The number of nitrogens with one attached hydrogen (secondary N) is 1. The van der Waals surface area contributed by atoms with Crippen molar-refractivity contribution in [3.8, 4) is 0 Å². The summed E-state index contributed by atoms with van der Waals surface area (Å²) in [5.41, 5.74) is 0.879. The molecule has 20 heavy (non-hydrogen) atoms. The van der Waals surface area contributed by atoms with Gasteiger partial charge in [0, 0.05) is 18.8 Å². The molecule has 0 saturated carbocycles. The summed E-state index contributed by atoms with van der Waals surface area (Å²) in [5.74, 6) is 0. The molecule has 0 saturated heterocycles. The number of rotatable bonds is 4. The summed E-state index contributed by atoms with van der Waals surface area (Å²) in [6.45, 7) is 4.04. The molecule has 0 atom stereocenters. The fourth-order valence-electron chi connectivity index (χ4n) is 1.91. The highest BCUT2D eigenvalue weighted by molar-refractivity contribution is 7.92. The van der Waals surface area contributed by atoms with Crippen LogP contribution in [0.3, 0.4) is 0 Å². The van der Waals surface area contributed by atoms with Gasteiger partial charge in [-0.1, -0.05) is 18.2 Å². The van der Waals surface area contributed by atoms with Gasteiger partial charge in [-0.2, -0.15) is 0 Å². The molecule has 0 aliphatic rings. The Labute approximate surface area is 117 Å². The lowest BCUT2D eigenvalue weighted by molar-refractivity contribution is 0.600. The molecule has 106 valence electrons. The van der Waals surface area contributed by atoms with Crippen LogP contribution in [0.15, 0.2) is 52.3 Å². The average molecular weight is 292 g/mol. The summed E-state index contributed by atoms with van der Waals surface area (Å²) in [6, 6.07) is 9.55. The first-order chi connectivity index (χ1) is 9.44. The number of sulfonamides is 1. The van der Waals surface area contributed by atoms with Gasteiger partial charge in [0.1, 0.15) is 0 Å². The van der Waals surface area contributed by atoms with Gasteiger partial charge in [0.15, 0.2) is 0 Å². The number of pyridine rings is 1. The van der Waals surface area contributed by atoms with Crippen LogP contribution in [0.1, 0.15) is 12.5 Å². The van der Waals surface area contributed by atoms with Crippen molar-refractivity contribution in [3.63, 3.8) is 0 Å². The van der Waals surface area contributed by atoms with E-state index in [0.717, 1.165) is 0 Å². The summed E-state index contributed by atoms with van der Waals surface area (Å²) in [4.78, 5) is 11.7. The van der Waals surface area contributed by atoms with Crippen LogP contribution in [0, 0.1) is 6.92 Å². The van der Waals surface area contributed by atoms with Gasteiger partial charge in [0.25, 0.3) is 15.6 Å². The van der Waals surface area contributed by atoms with E-state index in [9.17, 15) is 13.2 Å². The first-order valence-electron chi connectivity index (χ1n) is 6.23. The van der Waals surface area contributed by atoms with Crippen molar-refractivity contribution in [1.29, 1.82) is 0 Å². The van der Waals surface area contributed by atoms with Crippen LogP contribution in [0.25, 0.3) is 0 Å². The molecule has 0 fully saturated rings. The predicted molar refractivity (Wildman–Crippen MR) is 78.4 cm³/mol. The van der Waals surface area contributed by atoms with Gasteiger partial charge < -0.3 is 4.57 Å². The molecule has 1 aromatic carbocycles. The number of hydrogen-bond donors (Lipinski definition) is 1. The quantitative estimate of drug-likeness (QED) is 0.937. The highest BCUT2D eigenvalue weighted by Gasteiger charge is 2.16. The van der Waals surface area contributed by atoms with Crippen LogP contribution in [0.2, 0.25) is 0 Å². The van der Waals surface area contributed by atoms with Crippen molar-refractivity contribution in [3.05, 3.63) is 58.5 Å². The molecule has 2 rings (SSSR count). The molecule has 0 radical (unpaired) electrons. The van der Waals surface area contributed by atoms with Crippen molar-refractivity contribution >= 4 is 15.7 Å². The Bertz CT molecular complexity index is 779. The van der Waals surface area contributed by atoms with E-state index < -0.39 is 10.0 Å². The lowest BCUT2D eigenvalue weighted by atomic mass is 10.2. The van der Waals surface area contributed by atoms with Crippen molar-refractivity contribution in [1.82, 2.24) is 4.57 Å². The molecular weight excluding hydrogens is 276 g/mol. The molecule has 6 heteroatoms. The topological polar surface area (TPSA) is 68.2 Å². The summed E-state index contributed by atoms with van der Waals surface area (Å²) >= 11 is 0. The molecule has 0 unspecified atom stereocenters. The normalized spacial score (nSPS) is 11.3. The third-order valence-electron chi connectivity index (χ3n) is 2.96. The Kier molecular flexibility index (Phi) is 3.94. The zero-order valence-electron chi connectivity index (χ0n) is 11.3. The van der Waals surface area contributed by atoms with Gasteiger partial charge in [-0.05, 0) is 31.5 Å². The second-order valence-corrected chi connectivity index (χ2v) is 6.06. The monoisotopic (exact) mass is 292 g/mol. The SMILES string of the molecule is CCn1cc(NS(=O)(=O)c2ccccc2C)ccc1=O. The van der Waals surface area contributed by atoms with Crippen LogP contribution in [-0.4, -0.2) is 13.0 Å². The molecule has 0 bridgehead atoms. The third kappa shape index (κ3) is 2.91. The Morgan fingerprint density at radius 2 is 1.85 bits per heavy atom. The first kappa shape index (κ1) is 14.3. The van der Waals surface area contributed by atoms with E-state index in [1.54, 1.807) is 31.2 Å². The maximum Gasteiger partial charge on any atom is 0.262 e. The zero-order valence-corrected chi connectivity index (χ0v) is 12.1. The van der Waals surface area contributed by atoms with Crippen molar-refractivity contribution in [2.24, 2.45) is 0 Å². The molecule has 5 nitrogen and oxygen atoms in total. The third-order valence-corrected chi connectivity index (χ3v) is 4.50. The smallest absolute Gasteiger partial charge is 0.262 e. The van der Waals surface area contributed by atoms with Crippen molar-refractivity contribution in [2.75, 3.05) is 4.72 Å². The summed E-state index contributed by atoms with van der Waals surface area (Å²) in [7, 11) is -3.65. The standard InChI is InChI=1S/C14H16N2O3S/c1-3-16-10-12(8-9-14(16)17)15-20(18,19)13-7-5-4-6-11(13)2/h4-10,15H,3H2,1-2H3. The minimum atomic E-state index is -3.65. The molecule has 1 aromatic heterocycles. The van der Waals surface area contributed by atoms with E-state index in [0.29, 0.717) is 17.8 Å². The van der Waals surface area contributed by atoms with E-state index in [1.165, 1.54) is 22.9 Å². The van der Waals surface area contributed by atoms with Crippen molar-refractivity contribution < 1.29 is 8.42 Å². The van der Waals surface area contributed by atoms with Crippen LogP contribution in [0.4, 0.5) is 5.69 Å². The second kappa shape index (κ2) is 5.50. The Balaban J connectivity index is 2.39. The van der Waals surface area contributed by atoms with E-state index >= 15 is 0 Å². The first-order valence-corrected chi connectivity index (χ1v) is 7.71. The molecule has 1 heterocycles. The summed E-state index contributed by atoms with van der Waals surface area (Å²) < 4.78 is 28.5. The van der Waals surface area contributed by atoms with E-state index in [-0.39, 0.29) is 10.5 Å². The van der Waals surface area contributed by atoms with Gasteiger partial charge in [-0.3, -0.25) is 9.52 Å². The molecule has 0 spiro atoms. The number of anilines is 1. The number of nitrogens with zero attached hydrogens (tertiary/aromatic N) is 1. The largest absolute Gasteiger partial charge is 0.314 e. The van der Waals surface area contributed by atoms with Gasteiger partial charge >= 0.3 is 0 Å². The predicted octanol–water partition coefficient (Wildman–Crippen LogP) is 1.98. The highest BCUT2D eigenvalue weighted by Crippen LogP contribution is 2.18. The van der Waals surface area contributed by atoms with E-state index in [4.69, 9.17) is 0 Å². The highest BCUT2D eigenvalue weighted by atomic mass is 32.2. The number of hydrogen-bond acceptors (Lipinski definition) is 3. The van der Waals surface area contributed by atoms with Gasteiger partial charge in [0.05, 0.1) is 10.6 Å². The van der Waals surface area contributed by atoms with Crippen LogP contribution in [-0.2, 0) is 16.6 Å². The summed E-state index contributed by atoms with van der Waals surface area (Å²) in [6.07, 6.45) is 1.50. The van der Waals surface area contributed by atoms with Gasteiger partial charge in [-0.25, -0.2) is 8.42 Å². The zero-order chi connectivity index (χ0) is 14.8. The van der Waals surface area contributed by atoms with Gasteiger partial charge in [-0.15, -0.1) is 0 Å². The minimum absolute atomic E-state index is 0.161. The lowest BCUT2D eigenvalue weighted by Crippen LogP contribution is -2.20. The van der Waals surface area contributed by atoms with Gasteiger partial charge in [0.2, 0.25) is 0 Å². The molecule has 2 aromatic rings. The average Bonchev–Trinajstić information content (AvgIpc) is 2.41. The van der Waals surface area contributed by atoms with Crippen LogP contribution < -0.4 is 10.3 Å². The Morgan fingerprint density at radius 3 is 2.50 bits per heavy atom. The van der Waals surface area contributed by atoms with E-state index in [1.807, 2.05) is 6.92 Å². The Morgan fingerprint density at radius 1 is 1.15 bits per heavy atom. The lowest BCUT2D eigenvalue weighted by Gasteiger charge is -2.11. The molecule has 0 aliphatic carbocycles. The fraction of sp³-hybridized carbons (Fsp3) is 0.214. The van der Waals surface area contributed by atoms with Crippen LogP contribution >= 0.6 is 0 Å². The second-order valence-electron chi connectivity index (χ2n) is 4.41. The van der Waals surface area contributed by atoms with Crippen molar-refractivity contribution in [2.45, 2.75) is 25.3 Å². The number of aryl methyl sites for hydroxylation is 2. The van der Waals surface area contributed by atoms with Crippen LogP contribution in [0.5, 0.6) is 0 Å². The number of aromatic nitrogens is 1. The molecule has 0 aliphatic heterocycles. The van der Waals surface area contributed by atoms with E-state index in [2.05, 4.69) is 4.72 Å². The molecule has 1 N–H and O–H groups in total. The minimum Gasteiger partial charge on any atom is -0.314 e. The maximum absolute atomic E-state index is 12.3. The fourth-order valence-corrected chi connectivity index (χ4v) is 3.20.